The topological polar surface area (TPSA) is 69.2 Å². The van der Waals surface area contributed by atoms with Gasteiger partial charge in [-0.25, -0.2) is 0 Å². The molecule has 1 aromatic rings. The van der Waals surface area contributed by atoms with Crippen LogP contribution in [0.5, 0.6) is 0 Å². The zero-order valence-corrected chi connectivity index (χ0v) is 10.9. The standard InChI is InChI=1S/C14H19NO3/c1-4-10(5-2)13(16)15-12-8-6-7-11(9(12)3)14(17)18/h6-8,10H,4-5H2,1-3H3,(H,15,16)(H,17,18)/p-1. The fourth-order valence-electron chi connectivity index (χ4n) is 1.89. The quantitative estimate of drug-likeness (QED) is 0.862. The van der Waals surface area contributed by atoms with Gasteiger partial charge in [-0.1, -0.05) is 26.0 Å². The van der Waals surface area contributed by atoms with Gasteiger partial charge in [-0.2, -0.15) is 0 Å². The van der Waals surface area contributed by atoms with Crippen molar-refractivity contribution in [3.05, 3.63) is 29.3 Å². The van der Waals surface area contributed by atoms with Crippen LogP contribution >= 0.6 is 0 Å². The van der Waals surface area contributed by atoms with E-state index in [0.717, 1.165) is 12.8 Å². The van der Waals surface area contributed by atoms with E-state index in [1.54, 1.807) is 19.1 Å². The van der Waals surface area contributed by atoms with Gasteiger partial charge in [-0.15, -0.1) is 0 Å². The summed E-state index contributed by atoms with van der Waals surface area (Å²) in [6, 6.07) is 4.76. The maximum Gasteiger partial charge on any atom is 0.227 e. The second kappa shape index (κ2) is 6.19. The van der Waals surface area contributed by atoms with Crippen LogP contribution in [-0.4, -0.2) is 11.9 Å². The monoisotopic (exact) mass is 248 g/mol. The van der Waals surface area contributed by atoms with E-state index in [2.05, 4.69) is 5.32 Å². The van der Waals surface area contributed by atoms with Crippen LogP contribution in [0.15, 0.2) is 18.2 Å². The molecule has 0 aliphatic rings. The van der Waals surface area contributed by atoms with Crippen LogP contribution in [0, 0.1) is 12.8 Å². The number of carboxylic acid groups (broad SMARTS) is 1. The van der Waals surface area contributed by atoms with Crippen molar-refractivity contribution in [1.82, 2.24) is 0 Å². The van der Waals surface area contributed by atoms with Crippen LogP contribution in [0.25, 0.3) is 0 Å². The molecule has 1 aromatic carbocycles. The number of aromatic carboxylic acids is 1. The predicted octanol–water partition coefficient (Wildman–Crippen LogP) is 1.73. The van der Waals surface area contributed by atoms with Crippen molar-refractivity contribution in [3.8, 4) is 0 Å². The Bertz CT molecular complexity index is 450. The van der Waals surface area contributed by atoms with Crippen molar-refractivity contribution in [1.29, 1.82) is 0 Å². The highest BCUT2D eigenvalue weighted by Crippen LogP contribution is 2.20. The van der Waals surface area contributed by atoms with Gasteiger partial charge >= 0.3 is 0 Å². The van der Waals surface area contributed by atoms with E-state index in [1.807, 2.05) is 13.8 Å². The number of nitrogens with one attached hydrogen (secondary N) is 1. The van der Waals surface area contributed by atoms with Crippen LogP contribution in [0.1, 0.15) is 42.6 Å². The Labute approximate surface area is 107 Å². The van der Waals surface area contributed by atoms with E-state index in [-0.39, 0.29) is 17.4 Å². The Morgan fingerprint density at radius 1 is 1.28 bits per heavy atom. The van der Waals surface area contributed by atoms with Crippen LogP contribution in [0.4, 0.5) is 5.69 Å². The molecule has 0 aromatic heterocycles. The number of anilines is 1. The van der Waals surface area contributed by atoms with Gasteiger partial charge in [0.2, 0.25) is 5.91 Å². The number of benzene rings is 1. The molecule has 0 saturated carbocycles. The third kappa shape index (κ3) is 3.09. The first-order valence-electron chi connectivity index (χ1n) is 6.13. The highest BCUT2D eigenvalue weighted by atomic mass is 16.4. The van der Waals surface area contributed by atoms with Crippen molar-refractivity contribution >= 4 is 17.6 Å². The molecule has 4 heteroatoms. The number of rotatable bonds is 5. The second-order valence-corrected chi connectivity index (χ2v) is 4.27. The molecule has 0 spiro atoms. The highest BCUT2D eigenvalue weighted by Gasteiger charge is 2.15. The number of amides is 1. The molecule has 0 atom stereocenters. The lowest BCUT2D eigenvalue weighted by molar-refractivity contribution is -0.255. The summed E-state index contributed by atoms with van der Waals surface area (Å²) in [7, 11) is 0. The van der Waals surface area contributed by atoms with Gasteiger partial charge in [0.25, 0.3) is 0 Å². The first-order chi connectivity index (χ1) is 8.51. The third-order valence-electron chi connectivity index (χ3n) is 3.17. The number of carbonyl (C=O) groups is 2. The smallest absolute Gasteiger partial charge is 0.227 e. The molecule has 1 N–H and O–H groups in total. The fourth-order valence-corrected chi connectivity index (χ4v) is 1.89. The van der Waals surface area contributed by atoms with Gasteiger partial charge < -0.3 is 15.2 Å². The Morgan fingerprint density at radius 2 is 1.89 bits per heavy atom. The van der Waals surface area contributed by atoms with Crippen LogP contribution < -0.4 is 10.4 Å². The Hall–Kier alpha value is -1.84. The van der Waals surface area contributed by atoms with Crippen molar-refractivity contribution < 1.29 is 14.7 Å². The van der Waals surface area contributed by atoms with Crippen molar-refractivity contribution in [2.24, 2.45) is 5.92 Å². The van der Waals surface area contributed by atoms with Gasteiger partial charge in [-0.3, -0.25) is 4.79 Å². The molecule has 0 fully saturated rings. The van der Waals surface area contributed by atoms with Crippen molar-refractivity contribution in [2.45, 2.75) is 33.6 Å². The molecule has 0 radical (unpaired) electrons. The van der Waals surface area contributed by atoms with Crippen molar-refractivity contribution in [2.75, 3.05) is 5.32 Å². The zero-order valence-electron chi connectivity index (χ0n) is 10.9. The summed E-state index contributed by atoms with van der Waals surface area (Å²) in [6.45, 7) is 5.57. The van der Waals surface area contributed by atoms with Crippen LogP contribution in [-0.2, 0) is 4.79 Å². The summed E-state index contributed by atoms with van der Waals surface area (Å²) in [5.41, 5.74) is 1.17. The highest BCUT2D eigenvalue weighted by molar-refractivity contribution is 5.96. The minimum Gasteiger partial charge on any atom is -0.545 e. The van der Waals surface area contributed by atoms with E-state index in [0.29, 0.717) is 11.3 Å². The van der Waals surface area contributed by atoms with E-state index in [4.69, 9.17) is 0 Å². The number of carboxylic acids is 1. The van der Waals surface area contributed by atoms with E-state index in [1.165, 1.54) is 6.07 Å². The van der Waals surface area contributed by atoms with Crippen molar-refractivity contribution in [3.63, 3.8) is 0 Å². The Morgan fingerprint density at radius 3 is 2.39 bits per heavy atom. The lowest BCUT2D eigenvalue weighted by Crippen LogP contribution is -2.25. The van der Waals surface area contributed by atoms with E-state index >= 15 is 0 Å². The number of hydrogen-bond donors (Lipinski definition) is 1. The summed E-state index contributed by atoms with van der Waals surface area (Å²) in [5, 5.41) is 13.7. The molecule has 1 amide bonds. The lowest BCUT2D eigenvalue weighted by atomic mass is 10.0. The van der Waals surface area contributed by atoms with Gasteiger partial charge in [0.15, 0.2) is 0 Å². The molecular weight excluding hydrogens is 230 g/mol. The molecule has 98 valence electrons. The summed E-state index contributed by atoms with van der Waals surface area (Å²) >= 11 is 0. The molecule has 0 bridgehead atoms. The molecule has 1 rings (SSSR count). The predicted molar refractivity (Wildman–Crippen MR) is 68.2 cm³/mol. The molecule has 0 saturated heterocycles. The van der Waals surface area contributed by atoms with Crippen LogP contribution in [0.3, 0.4) is 0 Å². The zero-order chi connectivity index (χ0) is 13.7. The molecule has 0 unspecified atom stereocenters. The Balaban J connectivity index is 2.95. The summed E-state index contributed by atoms with van der Waals surface area (Å²) in [5.74, 6) is -1.35. The first kappa shape index (κ1) is 14.2. The van der Waals surface area contributed by atoms with Gasteiger partial charge in [-0.05, 0) is 31.4 Å². The van der Waals surface area contributed by atoms with E-state index < -0.39 is 5.97 Å². The normalized spacial score (nSPS) is 10.4. The van der Waals surface area contributed by atoms with Crippen LogP contribution in [0.2, 0.25) is 0 Å². The van der Waals surface area contributed by atoms with Gasteiger partial charge in [0.05, 0.1) is 5.97 Å². The maximum atomic E-state index is 11.9. The molecule has 0 heterocycles. The average molecular weight is 248 g/mol. The molecule has 4 nitrogen and oxygen atoms in total. The molecular formula is C14H18NO3-. The first-order valence-corrected chi connectivity index (χ1v) is 6.13. The minimum atomic E-state index is -1.23. The lowest BCUT2D eigenvalue weighted by Gasteiger charge is -2.16. The number of hydrogen-bond acceptors (Lipinski definition) is 3. The fraction of sp³-hybridized carbons (Fsp3) is 0.429. The molecule has 0 aliphatic carbocycles. The number of carbonyl (C=O) groups excluding carboxylic acids is 2. The Kier molecular flexibility index (Phi) is 4.89. The molecule has 0 aliphatic heterocycles. The summed E-state index contributed by atoms with van der Waals surface area (Å²) < 4.78 is 0. The average Bonchev–Trinajstić information content (AvgIpc) is 2.33. The molecule has 18 heavy (non-hydrogen) atoms. The maximum absolute atomic E-state index is 11.9. The van der Waals surface area contributed by atoms with Gasteiger partial charge in [0.1, 0.15) is 0 Å². The SMILES string of the molecule is CCC(CC)C(=O)Nc1cccc(C(=O)[O-])c1C. The largest absolute Gasteiger partial charge is 0.545 e. The second-order valence-electron chi connectivity index (χ2n) is 4.27. The third-order valence-corrected chi connectivity index (χ3v) is 3.17. The minimum absolute atomic E-state index is 0.0454. The van der Waals surface area contributed by atoms with E-state index in [9.17, 15) is 14.7 Å². The van der Waals surface area contributed by atoms with Gasteiger partial charge in [0, 0.05) is 17.2 Å². The summed E-state index contributed by atoms with van der Waals surface area (Å²) in [6.07, 6.45) is 1.53. The summed E-state index contributed by atoms with van der Waals surface area (Å²) in [4.78, 5) is 22.8.